The van der Waals surface area contributed by atoms with Gasteiger partial charge in [-0.25, -0.2) is 4.98 Å². The lowest BCUT2D eigenvalue weighted by molar-refractivity contribution is -0.120. The second-order valence-corrected chi connectivity index (χ2v) is 5.80. The highest BCUT2D eigenvalue weighted by molar-refractivity contribution is 5.91. The maximum atomic E-state index is 11.5. The molecule has 2 aromatic carbocycles. The van der Waals surface area contributed by atoms with Gasteiger partial charge in [0.15, 0.2) is 12.4 Å². The molecule has 0 radical (unpaired) electrons. The molecule has 0 atom stereocenters. The van der Waals surface area contributed by atoms with Crippen molar-refractivity contribution in [1.82, 2.24) is 9.97 Å². The van der Waals surface area contributed by atoms with E-state index in [0.717, 1.165) is 0 Å². The average molecular weight is 389 g/mol. The molecule has 144 valence electrons. The van der Waals surface area contributed by atoms with Gasteiger partial charge in [-0.3, -0.25) is 9.59 Å². The van der Waals surface area contributed by atoms with Crippen LogP contribution in [0.4, 0.5) is 0 Å². The van der Waals surface area contributed by atoms with Gasteiger partial charge in [0.1, 0.15) is 17.2 Å². The predicted molar refractivity (Wildman–Crippen MR) is 102 cm³/mol. The molecule has 2 amide bonds. The van der Waals surface area contributed by atoms with Crippen LogP contribution in [0.3, 0.4) is 0 Å². The van der Waals surface area contributed by atoms with Crippen molar-refractivity contribution in [2.24, 2.45) is 11.5 Å². The number of benzene rings is 2. The molecule has 4 N–H and O–H groups in total. The first-order chi connectivity index (χ1) is 13.9. The Morgan fingerprint density at radius 3 is 2.14 bits per heavy atom. The van der Waals surface area contributed by atoms with Gasteiger partial charge in [-0.2, -0.15) is 10.2 Å². The number of amides is 2. The second-order valence-electron chi connectivity index (χ2n) is 5.80. The summed E-state index contributed by atoms with van der Waals surface area (Å²) in [6, 6.07) is 16.7. The first-order valence-corrected chi connectivity index (χ1v) is 8.33. The minimum absolute atomic E-state index is 0.000471. The topological polar surface area (TPSA) is 154 Å². The molecule has 9 nitrogen and oxygen atoms in total. The third kappa shape index (κ3) is 5.05. The second kappa shape index (κ2) is 8.49. The monoisotopic (exact) mass is 389 g/mol. The van der Waals surface area contributed by atoms with Gasteiger partial charge in [-0.1, -0.05) is 0 Å². The number of hydrogen-bond donors (Lipinski definition) is 2. The van der Waals surface area contributed by atoms with Crippen molar-refractivity contribution in [3.05, 3.63) is 65.9 Å². The van der Waals surface area contributed by atoms with E-state index in [-0.39, 0.29) is 17.4 Å². The Balaban J connectivity index is 1.83. The maximum absolute atomic E-state index is 11.5. The molecular weight excluding hydrogens is 374 g/mol. The van der Waals surface area contributed by atoms with Gasteiger partial charge in [0, 0.05) is 11.6 Å². The van der Waals surface area contributed by atoms with Crippen molar-refractivity contribution in [2.45, 2.75) is 0 Å². The quantitative estimate of drug-likeness (QED) is 0.624. The SMILES string of the molecule is N#Cc1ccc(Oc2ccc(-c3nc(OCC(N)=O)cc(C(N)=O)n3)cc2)cc1. The van der Waals surface area contributed by atoms with Crippen LogP contribution in [0.2, 0.25) is 0 Å². The summed E-state index contributed by atoms with van der Waals surface area (Å²) in [7, 11) is 0. The Labute approximate surface area is 165 Å². The molecule has 3 aromatic rings. The molecule has 3 rings (SSSR count). The van der Waals surface area contributed by atoms with Crippen molar-refractivity contribution >= 4 is 11.8 Å². The Kier molecular flexibility index (Phi) is 5.66. The normalized spacial score (nSPS) is 10.0. The molecule has 1 aromatic heterocycles. The zero-order valence-electron chi connectivity index (χ0n) is 15.0. The predicted octanol–water partition coefficient (Wildman–Crippen LogP) is 1.77. The Bertz CT molecular complexity index is 1090. The van der Waals surface area contributed by atoms with Crippen LogP contribution < -0.4 is 20.9 Å². The van der Waals surface area contributed by atoms with Crippen LogP contribution in [0.15, 0.2) is 54.6 Å². The summed E-state index contributed by atoms with van der Waals surface area (Å²) in [5, 5.41) is 8.83. The van der Waals surface area contributed by atoms with Crippen molar-refractivity contribution in [3.63, 3.8) is 0 Å². The Morgan fingerprint density at radius 2 is 1.59 bits per heavy atom. The molecule has 0 spiro atoms. The number of nitrogens with zero attached hydrogens (tertiary/aromatic N) is 3. The summed E-state index contributed by atoms with van der Waals surface area (Å²) in [6.07, 6.45) is 0. The number of aromatic nitrogens is 2. The van der Waals surface area contributed by atoms with E-state index in [9.17, 15) is 9.59 Å². The van der Waals surface area contributed by atoms with E-state index < -0.39 is 18.4 Å². The van der Waals surface area contributed by atoms with E-state index in [1.807, 2.05) is 6.07 Å². The van der Waals surface area contributed by atoms with Gasteiger partial charge in [0.05, 0.1) is 11.6 Å². The molecule has 0 fully saturated rings. The summed E-state index contributed by atoms with van der Waals surface area (Å²) < 4.78 is 10.9. The molecule has 0 aliphatic rings. The Hall–Kier alpha value is -4.45. The van der Waals surface area contributed by atoms with Crippen molar-refractivity contribution in [2.75, 3.05) is 6.61 Å². The molecule has 0 aliphatic heterocycles. The van der Waals surface area contributed by atoms with Crippen molar-refractivity contribution in [1.29, 1.82) is 5.26 Å². The van der Waals surface area contributed by atoms with E-state index >= 15 is 0 Å². The number of ether oxygens (including phenoxy) is 2. The van der Waals surface area contributed by atoms with Crippen LogP contribution in [0.25, 0.3) is 11.4 Å². The fourth-order valence-corrected chi connectivity index (χ4v) is 2.30. The van der Waals surface area contributed by atoms with Gasteiger partial charge in [0.25, 0.3) is 11.8 Å². The van der Waals surface area contributed by atoms with E-state index in [1.165, 1.54) is 6.07 Å². The van der Waals surface area contributed by atoms with Crippen LogP contribution in [0, 0.1) is 11.3 Å². The first kappa shape index (κ1) is 19.3. The first-order valence-electron chi connectivity index (χ1n) is 8.33. The lowest BCUT2D eigenvalue weighted by atomic mass is 10.2. The summed E-state index contributed by atoms with van der Waals surface area (Å²) in [5.74, 6) is -0.139. The van der Waals surface area contributed by atoms with E-state index in [0.29, 0.717) is 22.6 Å². The van der Waals surface area contributed by atoms with Crippen LogP contribution >= 0.6 is 0 Å². The van der Waals surface area contributed by atoms with Gasteiger partial charge in [-0.15, -0.1) is 0 Å². The van der Waals surface area contributed by atoms with Gasteiger partial charge < -0.3 is 20.9 Å². The number of nitrogens with two attached hydrogens (primary N) is 2. The summed E-state index contributed by atoms with van der Waals surface area (Å²) in [4.78, 5) is 30.7. The molecule has 9 heteroatoms. The van der Waals surface area contributed by atoms with Crippen LogP contribution in [-0.2, 0) is 4.79 Å². The van der Waals surface area contributed by atoms with E-state index in [1.54, 1.807) is 48.5 Å². The van der Waals surface area contributed by atoms with Gasteiger partial charge in [0.2, 0.25) is 5.88 Å². The largest absolute Gasteiger partial charge is 0.467 e. The van der Waals surface area contributed by atoms with Gasteiger partial charge >= 0.3 is 0 Å². The summed E-state index contributed by atoms with van der Waals surface area (Å²) in [5.41, 5.74) is 11.4. The fraction of sp³-hybridized carbons (Fsp3) is 0.0500. The van der Waals surface area contributed by atoms with Crippen molar-refractivity contribution in [3.8, 4) is 34.8 Å². The van der Waals surface area contributed by atoms with E-state index in [4.69, 9.17) is 26.2 Å². The highest BCUT2D eigenvalue weighted by Gasteiger charge is 2.12. The number of primary amides is 2. The molecule has 0 bridgehead atoms. The van der Waals surface area contributed by atoms with Crippen LogP contribution in [-0.4, -0.2) is 28.4 Å². The molecule has 29 heavy (non-hydrogen) atoms. The molecule has 1 heterocycles. The summed E-state index contributed by atoms with van der Waals surface area (Å²) >= 11 is 0. The number of carbonyl (C=O) groups excluding carboxylic acids is 2. The standard InChI is InChI=1S/C20H15N5O4/c21-10-12-1-5-14(6-2-12)29-15-7-3-13(4-8-15)20-24-16(19(23)27)9-18(25-20)28-11-17(22)26/h1-9H,11H2,(H2,22,26)(H2,23,27). The molecule has 0 saturated heterocycles. The summed E-state index contributed by atoms with van der Waals surface area (Å²) in [6.45, 7) is -0.397. The van der Waals surface area contributed by atoms with E-state index in [2.05, 4.69) is 9.97 Å². The lowest BCUT2D eigenvalue weighted by Crippen LogP contribution is -2.21. The smallest absolute Gasteiger partial charge is 0.267 e. The third-order valence-corrected chi connectivity index (χ3v) is 3.65. The highest BCUT2D eigenvalue weighted by atomic mass is 16.5. The fourth-order valence-electron chi connectivity index (χ4n) is 2.30. The number of rotatable bonds is 7. The lowest BCUT2D eigenvalue weighted by Gasteiger charge is -2.09. The van der Waals surface area contributed by atoms with Crippen molar-refractivity contribution < 1.29 is 19.1 Å². The zero-order valence-corrected chi connectivity index (χ0v) is 15.0. The number of hydrogen-bond acceptors (Lipinski definition) is 7. The molecule has 0 saturated carbocycles. The maximum Gasteiger partial charge on any atom is 0.267 e. The molecular formula is C20H15N5O4. The Morgan fingerprint density at radius 1 is 0.966 bits per heavy atom. The number of carbonyl (C=O) groups is 2. The minimum atomic E-state index is -0.765. The third-order valence-electron chi connectivity index (χ3n) is 3.65. The zero-order chi connectivity index (χ0) is 20.8. The number of nitriles is 1. The molecule has 0 unspecified atom stereocenters. The highest BCUT2D eigenvalue weighted by Crippen LogP contribution is 2.25. The average Bonchev–Trinajstić information content (AvgIpc) is 2.73. The van der Waals surface area contributed by atoms with Gasteiger partial charge in [-0.05, 0) is 48.5 Å². The molecule has 0 aliphatic carbocycles. The van der Waals surface area contributed by atoms with Crippen LogP contribution in [0.1, 0.15) is 16.1 Å². The minimum Gasteiger partial charge on any atom is -0.467 e. The van der Waals surface area contributed by atoms with Crippen LogP contribution in [0.5, 0.6) is 17.4 Å².